The van der Waals surface area contributed by atoms with Crippen molar-refractivity contribution < 1.29 is 0 Å². The lowest BCUT2D eigenvalue weighted by Crippen LogP contribution is -2.62. The summed E-state index contributed by atoms with van der Waals surface area (Å²) in [6.07, 6.45) is 3.44. The van der Waals surface area contributed by atoms with Gasteiger partial charge in [0.1, 0.15) is 0 Å². The predicted octanol–water partition coefficient (Wildman–Crippen LogP) is 21.4. The number of aryl methyl sites for hydroxylation is 1. The van der Waals surface area contributed by atoms with Crippen LogP contribution in [0.2, 0.25) is 0 Å². The zero-order chi connectivity index (χ0) is 62.6. The fourth-order valence-electron chi connectivity index (χ4n) is 17.0. The molecule has 3 nitrogen and oxygen atoms in total. The Morgan fingerprint density at radius 3 is 1.39 bits per heavy atom. The van der Waals surface area contributed by atoms with Gasteiger partial charge in [-0.3, -0.25) is 0 Å². The average molecular weight is 1150 g/mol. The van der Waals surface area contributed by atoms with E-state index < -0.39 is 0 Å². The van der Waals surface area contributed by atoms with E-state index in [1.54, 1.807) is 0 Å². The molecule has 0 bridgehead atoms. The van der Waals surface area contributed by atoms with Crippen LogP contribution in [-0.2, 0) is 48.7 Å². The molecule has 0 saturated heterocycles. The van der Waals surface area contributed by atoms with Crippen molar-refractivity contribution in [3.8, 4) is 11.1 Å². The Hall–Kier alpha value is -6.78. The molecule has 0 unspecified atom stereocenters. The molecule has 0 radical (unpaired) electrons. The molecule has 0 atom stereocenters. The standard InChI is InChI=1S/C83H98BN3/c1-50-42-60-62(80(16,17)41-40-79(60,14)15)47-67(50)87-69-48-63-61(81(18,19)49-82(63,20)21)46-65(69)84-64-38-36-56(85(54-32-28-51(29-33-54)75(2,3)4)55-34-30-52(31-35-55)76(5,6)7)45-68(64)86(70-43-53(77(8,9)10)44-71(87)74(70)84)66-39-37-58-57-26-24-25-27-59(57)83(22,23)72(58)73(66)78(11,12)13/h24-39,42-48H,40-41,49H2,1-23H3. The highest BCUT2D eigenvalue weighted by atomic mass is 15.2. The molecule has 4 heteroatoms. The molecular formula is C83H98BN3. The van der Waals surface area contributed by atoms with Crippen molar-refractivity contribution in [1.82, 2.24) is 0 Å². The molecule has 0 N–H and O–H groups in total. The van der Waals surface area contributed by atoms with Crippen molar-refractivity contribution in [2.24, 2.45) is 0 Å². The fraction of sp³-hybridized carbons (Fsp3) is 0.422. The minimum absolute atomic E-state index is 0.00466. The number of benzene rings is 8. The number of fused-ring (bicyclic) bond motifs is 9. The minimum atomic E-state index is -0.246. The molecule has 13 rings (SSSR count). The molecule has 8 aromatic rings. The van der Waals surface area contributed by atoms with Crippen LogP contribution >= 0.6 is 0 Å². The van der Waals surface area contributed by atoms with E-state index in [0.717, 1.165) is 29.9 Å². The van der Waals surface area contributed by atoms with E-state index in [4.69, 9.17) is 0 Å². The van der Waals surface area contributed by atoms with Crippen molar-refractivity contribution in [2.45, 2.75) is 227 Å². The first kappa shape index (κ1) is 59.2. The molecule has 2 heterocycles. The summed E-state index contributed by atoms with van der Waals surface area (Å²) in [7, 11) is 0. The molecular weight excluding hydrogens is 1050 g/mol. The summed E-state index contributed by atoms with van der Waals surface area (Å²) in [5.74, 6) is 0. The van der Waals surface area contributed by atoms with Gasteiger partial charge in [0, 0.05) is 50.9 Å². The van der Waals surface area contributed by atoms with E-state index in [1.807, 2.05) is 0 Å². The lowest BCUT2D eigenvalue weighted by atomic mass is 9.33. The second-order valence-corrected chi connectivity index (χ2v) is 34.6. The normalized spacial score (nSPS) is 18.1. The van der Waals surface area contributed by atoms with Crippen LogP contribution in [0.4, 0.5) is 51.2 Å². The van der Waals surface area contributed by atoms with Crippen LogP contribution in [0.25, 0.3) is 11.1 Å². The second kappa shape index (κ2) is 18.9. The number of anilines is 9. The fourth-order valence-corrected chi connectivity index (χ4v) is 17.0. The van der Waals surface area contributed by atoms with Crippen LogP contribution in [0.3, 0.4) is 0 Å². The summed E-state index contributed by atoms with van der Waals surface area (Å²) >= 11 is 0. The summed E-state index contributed by atoms with van der Waals surface area (Å²) in [4.78, 5) is 8.08. The van der Waals surface area contributed by atoms with E-state index >= 15 is 0 Å². The minimum Gasteiger partial charge on any atom is -0.311 e. The van der Waals surface area contributed by atoms with Gasteiger partial charge in [-0.15, -0.1) is 0 Å². The van der Waals surface area contributed by atoms with Gasteiger partial charge in [0.2, 0.25) is 0 Å². The quantitative estimate of drug-likeness (QED) is 0.159. The Balaban J connectivity index is 1.18. The van der Waals surface area contributed by atoms with Crippen molar-refractivity contribution >= 4 is 74.3 Å². The molecule has 3 aliphatic carbocycles. The molecule has 448 valence electrons. The van der Waals surface area contributed by atoms with Gasteiger partial charge < -0.3 is 14.7 Å². The maximum absolute atomic E-state index is 2.78. The summed E-state index contributed by atoms with van der Waals surface area (Å²) in [6, 6.07) is 56.5. The third-order valence-corrected chi connectivity index (χ3v) is 21.7. The lowest BCUT2D eigenvalue weighted by molar-refractivity contribution is 0.332. The zero-order valence-electron chi connectivity index (χ0n) is 57.3. The Morgan fingerprint density at radius 1 is 0.379 bits per heavy atom. The monoisotopic (exact) mass is 1150 g/mol. The van der Waals surface area contributed by atoms with Crippen LogP contribution in [0.15, 0.2) is 140 Å². The molecule has 5 aliphatic rings. The predicted molar refractivity (Wildman–Crippen MR) is 378 cm³/mol. The SMILES string of the molecule is Cc1cc2c(cc1N1c3cc4c(cc3B3c5ccc(N(c6ccc(C(C)(C)C)cc6)c6ccc(C(C)(C)C)cc6)cc5N(c5ccc6c(c5C(C)(C)C)C(C)(C)c5ccccc5-6)c5cc(C(C)(C)C)cc1c53)C(C)(C)CC4(C)C)C(C)(C)CCC2(C)C. The van der Waals surface area contributed by atoms with Crippen molar-refractivity contribution in [3.05, 3.63) is 201 Å². The van der Waals surface area contributed by atoms with Crippen molar-refractivity contribution in [2.75, 3.05) is 14.7 Å². The van der Waals surface area contributed by atoms with Crippen LogP contribution in [0, 0.1) is 6.92 Å². The summed E-state index contributed by atoms with van der Waals surface area (Å²) in [6.45, 7) is 55.8. The van der Waals surface area contributed by atoms with Gasteiger partial charge in [-0.25, -0.2) is 0 Å². The summed E-state index contributed by atoms with van der Waals surface area (Å²) < 4.78 is 0. The van der Waals surface area contributed by atoms with Gasteiger partial charge in [-0.05, 0) is 225 Å². The van der Waals surface area contributed by atoms with Gasteiger partial charge in [-0.2, -0.15) is 0 Å². The first-order chi connectivity index (χ1) is 40.3. The maximum atomic E-state index is 2.78. The molecule has 0 fully saturated rings. The van der Waals surface area contributed by atoms with Gasteiger partial charge >= 0.3 is 0 Å². The number of hydrogen-bond acceptors (Lipinski definition) is 3. The third kappa shape index (κ3) is 9.15. The Bertz CT molecular complexity index is 4090. The highest BCUT2D eigenvalue weighted by Gasteiger charge is 2.51. The van der Waals surface area contributed by atoms with E-state index in [0.29, 0.717) is 0 Å². The van der Waals surface area contributed by atoms with Crippen LogP contribution in [-0.4, -0.2) is 6.71 Å². The first-order valence-corrected chi connectivity index (χ1v) is 32.9. The van der Waals surface area contributed by atoms with Crippen molar-refractivity contribution in [3.63, 3.8) is 0 Å². The molecule has 0 saturated carbocycles. The first-order valence-electron chi connectivity index (χ1n) is 32.9. The molecule has 2 aliphatic heterocycles. The van der Waals surface area contributed by atoms with Gasteiger partial charge in [0.15, 0.2) is 0 Å². The smallest absolute Gasteiger partial charge is 0.252 e. The molecule has 0 amide bonds. The zero-order valence-corrected chi connectivity index (χ0v) is 57.3. The Morgan fingerprint density at radius 2 is 0.851 bits per heavy atom. The third-order valence-electron chi connectivity index (χ3n) is 21.7. The van der Waals surface area contributed by atoms with Crippen molar-refractivity contribution in [1.29, 1.82) is 0 Å². The number of nitrogens with zero attached hydrogens (tertiary/aromatic N) is 3. The van der Waals surface area contributed by atoms with E-state index in [-0.39, 0.29) is 55.4 Å². The van der Waals surface area contributed by atoms with Crippen LogP contribution in [0.1, 0.15) is 233 Å². The molecule has 8 aromatic carbocycles. The number of rotatable bonds is 5. The average Bonchev–Trinajstić information content (AvgIpc) is 1.57. The second-order valence-electron chi connectivity index (χ2n) is 34.6. The summed E-state index contributed by atoms with van der Waals surface area (Å²) in [5, 5.41) is 0. The van der Waals surface area contributed by atoms with Gasteiger partial charge in [-0.1, -0.05) is 225 Å². The van der Waals surface area contributed by atoms with Crippen LogP contribution < -0.4 is 31.1 Å². The largest absolute Gasteiger partial charge is 0.311 e. The van der Waals surface area contributed by atoms with Crippen LogP contribution in [0.5, 0.6) is 0 Å². The summed E-state index contributed by atoms with van der Waals surface area (Å²) in [5.41, 5.74) is 32.9. The topological polar surface area (TPSA) is 9.72 Å². The lowest BCUT2D eigenvalue weighted by Gasteiger charge is -2.48. The number of hydrogen-bond donors (Lipinski definition) is 0. The Labute approximate surface area is 525 Å². The van der Waals surface area contributed by atoms with Gasteiger partial charge in [0.25, 0.3) is 6.71 Å². The molecule has 0 aromatic heterocycles. The van der Waals surface area contributed by atoms with E-state index in [1.165, 1.54) is 129 Å². The van der Waals surface area contributed by atoms with Gasteiger partial charge in [0.05, 0.1) is 5.69 Å². The molecule has 87 heavy (non-hydrogen) atoms. The highest BCUT2D eigenvalue weighted by molar-refractivity contribution is 7.00. The van der Waals surface area contributed by atoms with E-state index in [2.05, 4.69) is 313 Å². The molecule has 0 spiro atoms. The highest BCUT2D eigenvalue weighted by Crippen LogP contribution is 2.59. The Kier molecular flexibility index (Phi) is 12.9. The van der Waals surface area contributed by atoms with E-state index in [9.17, 15) is 0 Å². The maximum Gasteiger partial charge on any atom is 0.252 e.